The molecule has 0 unspecified atom stereocenters. The Morgan fingerprint density at radius 2 is 1.75 bits per heavy atom. The summed E-state index contributed by atoms with van der Waals surface area (Å²) in [5.74, 6) is 0. The molecule has 3 aromatic heterocycles. The monoisotopic (exact) mass is 384 g/mol. The third kappa shape index (κ3) is 3.01. The minimum atomic E-state index is -0.859. The molecule has 138 valence electrons. The molecule has 0 aliphatic heterocycles. The van der Waals surface area contributed by atoms with Crippen molar-refractivity contribution in [3.05, 3.63) is 84.0 Å². The number of benzene rings is 2. The molecule has 5 rings (SSSR count). The fraction of sp³-hybridized carbons (Fsp3) is 0.125. The molecule has 0 saturated heterocycles. The summed E-state index contributed by atoms with van der Waals surface area (Å²) in [6.07, 6.45) is 4.17. The molecule has 2 aromatic carbocycles. The molecule has 3 heterocycles. The molecule has 0 atom stereocenters. The van der Waals surface area contributed by atoms with Gasteiger partial charge in [0.15, 0.2) is 0 Å². The summed E-state index contributed by atoms with van der Waals surface area (Å²) in [6, 6.07) is 20.8. The van der Waals surface area contributed by atoms with E-state index in [2.05, 4.69) is 58.6 Å². The van der Waals surface area contributed by atoms with E-state index in [1.54, 1.807) is 11.3 Å². The lowest BCUT2D eigenvalue weighted by molar-refractivity contribution is 0.0786. The van der Waals surface area contributed by atoms with Gasteiger partial charge in [-0.1, -0.05) is 24.3 Å². The highest BCUT2D eigenvalue weighted by Crippen LogP contribution is 2.29. The molecule has 0 aliphatic rings. The summed E-state index contributed by atoms with van der Waals surface area (Å²) >= 11 is 1.76. The highest BCUT2D eigenvalue weighted by atomic mass is 32.1. The summed E-state index contributed by atoms with van der Waals surface area (Å²) in [7, 11) is 0. The summed E-state index contributed by atoms with van der Waals surface area (Å²) in [4.78, 5) is 4.79. The van der Waals surface area contributed by atoms with E-state index in [9.17, 15) is 5.11 Å². The van der Waals surface area contributed by atoms with Gasteiger partial charge in [0.05, 0.1) is 11.3 Å². The lowest BCUT2D eigenvalue weighted by Crippen LogP contribution is -2.15. The quantitative estimate of drug-likeness (QED) is 0.407. The minimum absolute atomic E-state index is 0.859. The second kappa shape index (κ2) is 6.30. The van der Waals surface area contributed by atoms with Crippen LogP contribution in [-0.4, -0.2) is 14.5 Å². The van der Waals surface area contributed by atoms with Crippen LogP contribution in [-0.2, 0) is 5.60 Å². The molecule has 4 heteroatoms. The van der Waals surface area contributed by atoms with Crippen molar-refractivity contribution in [2.45, 2.75) is 19.4 Å². The van der Waals surface area contributed by atoms with Crippen LogP contribution in [0.1, 0.15) is 19.4 Å². The fourth-order valence-corrected chi connectivity index (χ4v) is 4.28. The first kappa shape index (κ1) is 17.2. The van der Waals surface area contributed by atoms with Crippen molar-refractivity contribution in [3.8, 4) is 22.4 Å². The molecular weight excluding hydrogens is 364 g/mol. The molecule has 0 bridgehead atoms. The van der Waals surface area contributed by atoms with E-state index >= 15 is 0 Å². The van der Waals surface area contributed by atoms with Crippen LogP contribution in [0.3, 0.4) is 0 Å². The summed E-state index contributed by atoms with van der Waals surface area (Å²) in [5.41, 5.74) is 5.23. The van der Waals surface area contributed by atoms with Crippen LogP contribution in [0.25, 0.3) is 38.1 Å². The molecule has 0 saturated carbocycles. The Morgan fingerprint density at radius 3 is 2.61 bits per heavy atom. The first-order valence-electron chi connectivity index (χ1n) is 9.27. The van der Waals surface area contributed by atoms with Gasteiger partial charge in [0.1, 0.15) is 5.65 Å². The Hall–Kier alpha value is -2.95. The van der Waals surface area contributed by atoms with Crippen LogP contribution in [0.5, 0.6) is 0 Å². The molecule has 28 heavy (non-hydrogen) atoms. The first-order valence-corrected chi connectivity index (χ1v) is 10.1. The molecule has 0 aliphatic carbocycles. The van der Waals surface area contributed by atoms with E-state index in [0.717, 1.165) is 33.6 Å². The standard InChI is InChI=1S/C24H20N2OS/c1-24(2,27)20-5-3-4-16(13-20)19-7-9-23-25-21(15-26(23)14-19)17-6-8-22-18(12-17)10-11-28-22/h3-15,27H,1-2H3. The van der Waals surface area contributed by atoms with Crippen molar-refractivity contribution in [1.82, 2.24) is 9.38 Å². The van der Waals surface area contributed by atoms with Crippen molar-refractivity contribution in [1.29, 1.82) is 0 Å². The van der Waals surface area contributed by atoms with Crippen LogP contribution in [0.15, 0.2) is 78.4 Å². The Labute approximate surface area is 167 Å². The number of aliphatic hydroxyl groups is 1. The third-order valence-corrected chi connectivity index (χ3v) is 6.00. The highest BCUT2D eigenvalue weighted by Gasteiger charge is 2.16. The number of fused-ring (bicyclic) bond motifs is 2. The maximum Gasteiger partial charge on any atom is 0.137 e. The SMILES string of the molecule is CC(C)(O)c1cccc(-c2ccc3nc(-c4ccc5sccc5c4)cn3c2)c1. The van der Waals surface area contributed by atoms with Crippen molar-refractivity contribution < 1.29 is 5.11 Å². The largest absolute Gasteiger partial charge is 0.386 e. The predicted octanol–water partition coefficient (Wildman–Crippen LogP) is 6.11. The second-order valence-corrected chi connectivity index (χ2v) is 8.57. The van der Waals surface area contributed by atoms with Gasteiger partial charge in [0.2, 0.25) is 0 Å². The molecule has 3 nitrogen and oxygen atoms in total. The number of aromatic nitrogens is 2. The van der Waals surface area contributed by atoms with Gasteiger partial charge in [0.25, 0.3) is 0 Å². The maximum absolute atomic E-state index is 10.3. The molecule has 0 fully saturated rings. The van der Waals surface area contributed by atoms with Crippen LogP contribution in [0.4, 0.5) is 0 Å². The van der Waals surface area contributed by atoms with Gasteiger partial charge in [0, 0.05) is 22.7 Å². The van der Waals surface area contributed by atoms with E-state index in [1.807, 2.05) is 38.1 Å². The van der Waals surface area contributed by atoms with Gasteiger partial charge in [-0.05, 0) is 77.7 Å². The molecule has 0 radical (unpaired) electrons. The van der Waals surface area contributed by atoms with E-state index in [4.69, 9.17) is 4.98 Å². The minimum Gasteiger partial charge on any atom is -0.386 e. The highest BCUT2D eigenvalue weighted by molar-refractivity contribution is 7.17. The average molecular weight is 385 g/mol. The number of thiophene rings is 1. The molecular formula is C24H20N2OS. The van der Waals surface area contributed by atoms with Gasteiger partial charge in [-0.15, -0.1) is 11.3 Å². The van der Waals surface area contributed by atoms with Crippen LogP contribution in [0.2, 0.25) is 0 Å². The summed E-state index contributed by atoms with van der Waals surface area (Å²) < 4.78 is 3.36. The van der Waals surface area contributed by atoms with Gasteiger partial charge in [-0.2, -0.15) is 0 Å². The van der Waals surface area contributed by atoms with Crippen molar-refractivity contribution in [2.24, 2.45) is 0 Å². The second-order valence-electron chi connectivity index (χ2n) is 7.62. The van der Waals surface area contributed by atoms with E-state index in [-0.39, 0.29) is 0 Å². The summed E-state index contributed by atoms with van der Waals surface area (Å²) in [5, 5.41) is 13.7. The number of pyridine rings is 1. The predicted molar refractivity (Wildman–Crippen MR) is 117 cm³/mol. The molecule has 1 N–H and O–H groups in total. The number of rotatable bonds is 3. The number of imidazole rings is 1. The van der Waals surface area contributed by atoms with E-state index < -0.39 is 5.60 Å². The lowest BCUT2D eigenvalue weighted by Gasteiger charge is -2.18. The first-order chi connectivity index (χ1) is 13.5. The Balaban J connectivity index is 1.57. The van der Waals surface area contributed by atoms with Gasteiger partial charge in [-0.3, -0.25) is 0 Å². The number of hydrogen-bond acceptors (Lipinski definition) is 3. The van der Waals surface area contributed by atoms with E-state index in [1.165, 1.54) is 10.1 Å². The Kier molecular flexibility index (Phi) is 3.86. The summed E-state index contributed by atoms with van der Waals surface area (Å²) in [6.45, 7) is 3.61. The number of nitrogens with zero attached hydrogens (tertiary/aromatic N) is 2. The zero-order valence-corrected chi connectivity index (χ0v) is 16.6. The third-order valence-electron chi connectivity index (χ3n) is 5.10. The zero-order valence-electron chi connectivity index (χ0n) is 15.8. The Morgan fingerprint density at radius 1 is 0.893 bits per heavy atom. The van der Waals surface area contributed by atoms with Crippen molar-refractivity contribution in [2.75, 3.05) is 0 Å². The molecule has 0 spiro atoms. The number of hydrogen-bond donors (Lipinski definition) is 1. The van der Waals surface area contributed by atoms with Gasteiger partial charge in [-0.25, -0.2) is 4.98 Å². The van der Waals surface area contributed by atoms with Crippen LogP contribution in [0, 0.1) is 0 Å². The topological polar surface area (TPSA) is 37.5 Å². The maximum atomic E-state index is 10.3. The van der Waals surface area contributed by atoms with E-state index in [0.29, 0.717) is 0 Å². The zero-order chi connectivity index (χ0) is 19.3. The van der Waals surface area contributed by atoms with Crippen molar-refractivity contribution in [3.63, 3.8) is 0 Å². The van der Waals surface area contributed by atoms with Crippen LogP contribution < -0.4 is 0 Å². The molecule has 5 aromatic rings. The van der Waals surface area contributed by atoms with Gasteiger partial charge < -0.3 is 9.51 Å². The molecule has 0 amide bonds. The lowest BCUT2D eigenvalue weighted by atomic mass is 9.95. The normalized spacial score (nSPS) is 12.1. The van der Waals surface area contributed by atoms with Crippen molar-refractivity contribution >= 4 is 27.1 Å². The average Bonchev–Trinajstić information content (AvgIpc) is 3.32. The fourth-order valence-electron chi connectivity index (χ4n) is 3.51. The van der Waals surface area contributed by atoms with Crippen LogP contribution >= 0.6 is 11.3 Å². The Bertz CT molecular complexity index is 1310. The van der Waals surface area contributed by atoms with Gasteiger partial charge >= 0.3 is 0 Å². The smallest absolute Gasteiger partial charge is 0.137 e.